The van der Waals surface area contributed by atoms with Gasteiger partial charge in [-0.05, 0) is 24.6 Å². The third-order valence-electron chi connectivity index (χ3n) is 2.06. The number of hydrogen-bond acceptors (Lipinski definition) is 5. The lowest BCUT2D eigenvalue weighted by Crippen LogP contribution is -2.22. The van der Waals surface area contributed by atoms with Crippen LogP contribution in [0.15, 0.2) is 12.1 Å². The molecule has 88 valence electrons. The molecule has 16 heavy (non-hydrogen) atoms. The number of carbonyl (C=O) groups excluding carboxylic acids is 1. The van der Waals surface area contributed by atoms with Gasteiger partial charge in [-0.15, -0.1) is 0 Å². The molecule has 1 aromatic carbocycles. The molecule has 0 saturated carbocycles. The summed E-state index contributed by atoms with van der Waals surface area (Å²) in [5.41, 5.74) is 2.44. The lowest BCUT2D eigenvalue weighted by atomic mass is 10.0. The summed E-state index contributed by atoms with van der Waals surface area (Å²) in [6.45, 7) is 1.55. The highest BCUT2D eigenvalue weighted by molar-refractivity contribution is 5.96. The highest BCUT2D eigenvalue weighted by Crippen LogP contribution is 2.26. The van der Waals surface area contributed by atoms with Crippen molar-refractivity contribution >= 4 is 5.91 Å². The molecule has 6 nitrogen and oxygen atoms in total. The Hall–Kier alpha value is -1.63. The number of rotatable bonds is 3. The Bertz CT molecular complexity index is 402. The Kier molecular flexibility index (Phi) is 3.83. The summed E-state index contributed by atoms with van der Waals surface area (Å²) in [5, 5.41) is 27.6. The molecule has 4 N–H and O–H groups in total. The largest absolute Gasteiger partial charge is 0.507 e. The Balaban J connectivity index is 3.21. The van der Waals surface area contributed by atoms with E-state index < -0.39 is 12.2 Å². The maximum absolute atomic E-state index is 11.4. The van der Waals surface area contributed by atoms with E-state index in [0.29, 0.717) is 5.56 Å². The quantitative estimate of drug-likeness (QED) is 0.429. The fraction of sp³-hybridized carbons (Fsp3) is 0.300. The van der Waals surface area contributed by atoms with Gasteiger partial charge in [-0.25, -0.2) is 5.48 Å². The van der Waals surface area contributed by atoms with E-state index >= 15 is 0 Å². The topological polar surface area (TPSA) is 99.0 Å². The monoisotopic (exact) mass is 227 g/mol. The van der Waals surface area contributed by atoms with Gasteiger partial charge in [0.2, 0.25) is 0 Å². The fourth-order valence-electron chi connectivity index (χ4n) is 1.28. The van der Waals surface area contributed by atoms with E-state index in [1.54, 1.807) is 6.92 Å². The van der Waals surface area contributed by atoms with E-state index in [1.165, 1.54) is 19.2 Å². The zero-order valence-electron chi connectivity index (χ0n) is 8.89. The number of benzene rings is 1. The summed E-state index contributed by atoms with van der Waals surface area (Å²) in [7, 11) is 1.26. The standard InChI is InChI=1S/C10H13NO5/c1-5-3-6(10(14)15)4-7(8(5)12)9(13)11-16-2/h3-4,10,12,14-15H,1-2H3,(H,11,13). The number of amides is 1. The highest BCUT2D eigenvalue weighted by atomic mass is 16.6. The van der Waals surface area contributed by atoms with Gasteiger partial charge in [-0.2, -0.15) is 0 Å². The minimum Gasteiger partial charge on any atom is -0.507 e. The Morgan fingerprint density at radius 1 is 1.44 bits per heavy atom. The second-order valence-corrected chi connectivity index (χ2v) is 3.24. The first-order valence-corrected chi connectivity index (χ1v) is 4.50. The molecule has 0 atom stereocenters. The van der Waals surface area contributed by atoms with Crippen molar-refractivity contribution in [3.63, 3.8) is 0 Å². The summed E-state index contributed by atoms with van der Waals surface area (Å²) in [5.74, 6) is -0.885. The van der Waals surface area contributed by atoms with Crippen LogP contribution in [0.5, 0.6) is 5.75 Å². The van der Waals surface area contributed by atoms with Gasteiger partial charge >= 0.3 is 0 Å². The molecule has 0 radical (unpaired) electrons. The molecular formula is C10H13NO5. The van der Waals surface area contributed by atoms with Gasteiger partial charge in [-0.1, -0.05) is 0 Å². The van der Waals surface area contributed by atoms with Crippen molar-refractivity contribution in [2.75, 3.05) is 7.11 Å². The van der Waals surface area contributed by atoms with Crippen molar-refractivity contribution in [3.05, 3.63) is 28.8 Å². The van der Waals surface area contributed by atoms with Crippen LogP contribution in [0.4, 0.5) is 0 Å². The zero-order valence-corrected chi connectivity index (χ0v) is 8.89. The first-order chi connectivity index (χ1) is 7.47. The minimum atomic E-state index is -1.70. The normalized spacial score (nSPS) is 10.6. The number of aliphatic hydroxyl groups excluding tert-OH is 1. The van der Waals surface area contributed by atoms with Crippen molar-refractivity contribution in [2.24, 2.45) is 0 Å². The van der Waals surface area contributed by atoms with Gasteiger partial charge < -0.3 is 15.3 Å². The van der Waals surface area contributed by atoms with Gasteiger partial charge in [0.25, 0.3) is 5.91 Å². The smallest absolute Gasteiger partial charge is 0.278 e. The first kappa shape index (κ1) is 12.4. The van der Waals surface area contributed by atoms with Crippen LogP contribution in [0.25, 0.3) is 0 Å². The number of hydroxylamine groups is 1. The SMILES string of the molecule is CONC(=O)c1cc(C(O)O)cc(C)c1O. The van der Waals surface area contributed by atoms with Crippen LogP contribution < -0.4 is 5.48 Å². The van der Waals surface area contributed by atoms with Gasteiger partial charge in [0.05, 0.1) is 12.7 Å². The Labute approximate surface area is 92.1 Å². The van der Waals surface area contributed by atoms with E-state index in [-0.39, 0.29) is 16.9 Å². The first-order valence-electron chi connectivity index (χ1n) is 4.50. The molecule has 1 amide bonds. The van der Waals surface area contributed by atoms with Crippen molar-refractivity contribution in [3.8, 4) is 5.75 Å². The third kappa shape index (κ3) is 2.48. The number of aromatic hydroxyl groups is 1. The van der Waals surface area contributed by atoms with Crippen LogP contribution in [-0.4, -0.2) is 28.3 Å². The van der Waals surface area contributed by atoms with Crippen LogP contribution in [0.1, 0.15) is 27.8 Å². The average Bonchev–Trinajstić information content (AvgIpc) is 2.21. The highest BCUT2D eigenvalue weighted by Gasteiger charge is 2.16. The number of phenolic OH excluding ortho intramolecular Hbond substituents is 1. The molecule has 0 fully saturated rings. The number of carbonyl (C=O) groups is 1. The van der Waals surface area contributed by atoms with E-state index in [2.05, 4.69) is 4.84 Å². The van der Waals surface area contributed by atoms with Crippen LogP contribution in [0, 0.1) is 6.92 Å². The van der Waals surface area contributed by atoms with Crippen LogP contribution in [0.3, 0.4) is 0 Å². The second-order valence-electron chi connectivity index (χ2n) is 3.24. The predicted octanol–water partition coefficient (Wildman–Crippen LogP) is -0.0250. The van der Waals surface area contributed by atoms with Gasteiger partial charge in [0.1, 0.15) is 5.75 Å². The molecule has 0 unspecified atom stereocenters. The van der Waals surface area contributed by atoms with Gasteiger partial charge in [0.15, 0.2) is 6.29 Å². The molecular weight excluding hydrogens is 214 g/mol. The summed E-state index contributed by atoms with van der Waals surface area (Å²) >= 11 is 0. The molecule has 0 aliphatic rings. The van der Waals surface area contributed by atoms with Crippen LogP contribution in [-0.2, 0) is 4.84 Å². The summed E-state index contributed by atoms with van der Waals surface area (Å²) in [6, 6.07) is 2.56. The van der Waals surface area contributed by atoms with Crippen LogP contribution >= 0.6 is 0 Å². The minimum absolute atomic E-state index is 0.0787. The molecule has 0 aromatic heterocycles. The molecule has 0 heterocycles. The van der Waals surface area contributed by atoms with E-state index in [1.807, 2.05) is 5.48 Å². The molecule has 0 saturated heterocycles. The molecule has 1 aromatic rings. The Morgan fingerprint density at radius 3 is 2.56 bits per heavy atom. The number of hydrogen-bond donors (Lipinski definition) is 4. The number of aliphatic hydroxyl groups is 2. The van der Waals surface area contributed by atoms with E-state index in [4.69, 9.17) is 10.2 Å². The third-order valence-corrected chi connectivity index (χ3v) is 2.06. The van der Waals surface area contributed by atoms with Crippen LogP contribution in [0.2, 0.25) is 0 Å². The van der Waals surface area contributed by atoms with E-state index in [0.717, 1.165) is 0 Å². The lowest BCUT2D eigenvalue weighted by Gasteiger charge is -2.11. The second kappa shape index (κ2) is 4.93. The van der Waals surface area contributed by atoms with E-state index in [9.17, 15) is 9.90 Å². The summed E-state index contributed by atoms with van der Waals surface area (Å²) < 4.78 is 0. The molecule has 6 heteroatoms. The fourth-order valence-corrected chi connectivity index (χ4v) is 1.28. The molecule has 0 aliphatic heterocycles. The summed E-state index contributed by atoms with van der Waals surface area (Å²) in [6.07, 6.45) is -1.70. The number of nitrogens with one attached hydrogen (secondary N) is 1. The summed E-state index contributed by atoms with van der Waals surface area (Å²) in [4.78, 5) is 15.9. The van der Waals surface area contributed by atoms with Crippen molar-refractivity contribution < 1.29 is 25.0 Å². The Morgan fingerprint density at radius 2 is 2.06 bits per heavy atom. The zero-order chi connectivity index (χ0) is 12.3. The van der Waals surface area contributed by atoms with Gasteiger partial charge in [-0.3, -0.25) is 9.63 Å². The maximum atomic E-state index is 11.4. The molecule has 0 aliphatic carbocycles. The van der Waals surface area contributed by atoms with Crippen molar-refractivity contribution in [2.45, 2.75) is 13.2 Å². The predicted molar refractivity (Wildman–Crippen MR) is 54.5 cm³/mol. The number of aryl methyl sites for hydroxylation is 1. The van der Waals surface area contributed by atoms with Crippen molar-refractivity contribution in [1.82, 2.24) is 5.48 Å². The number of phenols is 1. The molecule has 0 bridgehead atoms. The maximum Gasteiger partial charge on any atom is 0.278 e. The van der Waals surface area contributed by atoms with Gasteiger partial charge in [0, 0.05) is 5.56 Å². The molecule has 1 rings (SSSR count). The van der Waals surface area contributed by atoms with Crippen molar-refractivity contribution in [1.29, 1.82) is 0 Å². The molecule has 0 spiro atoms. The average molecular weight is 227 g/mol. The lowest BCUT2D eigenvalue weighted by molar-refractivity contribution is -0.0425.